The Morgan fingerprint density at radius 3 is 2.63 bits per heavy atom. The van der Waals surface area contributed by atoms with Crippen molar-refractivity contribution in [3.8, 4) is 5.75 Å². The van der Waals surface area contributed by atoms with E-state index in [4.69, 9.17) is 4.74 Å². The van der Waals surface area contributed by atoms with Crippen LogP contribution in [0.5, 0.6) is 5.75 Å². The van der Waals surface area contributed by atoms with E-state index in [1.54, 1.807) is 7.11 Å². The first kappa shape index (κ1) is 24.2. The molecule has 0 bridgehead atoms. The second-order valence-corrected chi connectivity index (χ2v) is 9.03. The van der Waals surface area contributed by atoms with Gasteiger partial charge in [-0.15, -0.1) is 10.2 Å². The van der Waals surface area contributed by atoms with Crippen LogP contribution in [-0.4, -0.2) is 57.0 Å². The Labute approximate surface area is 203 Å². The van der Waals surface area contributed by atoms with Crippen molar-refractivity contribution in [2.45, 2.75) is 45.2 Å². The number of aromatic nitrogens is 3. The zero-order valence-corrected chi connectivity index (χ0v) is 20.1. The quantitative estimate of drug-likeness (QED) is 0.432. The molecule has 1 fully saturated rings. The van der Waals surface area contributed by atoms with E-state index >= 15 is 0 Å². The van der Waals surface area contributed by atoms with Gasteiger partial charge in [-0.2, -0.15) is 0 Å². The molecule has 10 heteroatoms. The van der Waals surface area contributed by atoms with Crippen molar-refractivity contribution < 1.29 is 19.1 Å². The van der Waals surface area contributed by atoms with Gasteiger partial charge in [0.15, 0.2) is 11.5 Å². The fourth-order valence-corrected chi connectivity index (χ4v) is 4.20. The zero-order valence-electron chi connectivity index (χ0n) is 20.1. The van der Waals surface area contributed by atoms with Crippen LogP contribution in [0.3, 0.4) is 0 Å². The number of hydrogen-bond donors (Lipinski definition) is 2. The summed E-state index contributed by atoms with van der Waals surface area (Å²) in [6, 6.07) is 11.3. The predicted octanol–water partition coefficient (Wildman–Crippen LogP) is 2.49. The van der Waals surface area contributed by atoms with Gasteiger partial charge in [-0.25, -0.2) is 4.79 Å². The minimum absolute atomic E-state index is 0.144. The van der Waals surface area contributed by atoms with E-state index in [9.17, 15) is 14.4 Å². The molecule has 2 aromatic heterocycles. The van der Waals surface area contributed by atoms with Crippen molar-refractivity contribution in [1.82, 2.24) is 30.1 Å². The number of pyridine rings is 1. The van der Waals surface area contributed by atoms with Crippen LogP contribution >= 0.6 is 0 Å². The highest BCUT2D eigenvalue weighted by Gasteiger charge is 2.39. The standard InChI is InChI=1S/C25H30N6O4/c1-16(2)14-19(23-29-28-21-6-4-5-12-30(21)23)26-22(32)15-20-24(33)31(25(34)27-20)13-11-17-7-9-18(35-3)10-8-17/h4-10,12,16,19-20H,11,13-15H2,1-3H3,(H,26,32)(H,27,34)/t19-,20-/m0/s1. The molecule has 4 rings (SSSR count). The fourth-order valence-electron chi connectivity index (χ4n) is 4.20. The summed E-state index contributed by atoms with van der Waals surface area (Å²) in [7, 11) is 1.60. The minimum Gasteiger partial charge on any atom is -0.497 e. The van der Waals surface area contributed by atoms with Crippen LogP contribution in [-0.2, 0) is 16.0 Å². The molecule has 10 nitrogen and oxygen atoms in total. The van der Waals surface area contributed by atoms with E-state index < -0.39 is 18.0 Å². The molecule has 0 unspecified atom stereocenters. The van der Waals surface area contributed by atoms with E-state index in [2.05, 4.69) is 34.7 Å². The van der Waals surface area contributed by atoms with Crippen LogP contribution in [0, 0.1) is 5.92 Å². The van der Waals surface area contributed by atoms with Gasteiger partial charge in [0.2, 0.25) is 5.91 Å². The number of urea groups is 1. The van der Waals surface area contributed by atoms with Crippen molar-refractivity contribution >= 4 is 23.5 Å². The third-order valence-corrected chi connectivity index (χ3v) is 5.97. The summed E-state index contributed by atoms with van der Waals surface area (Å²) in [5.74, 6) is 0.930. The van der Waals surface area contributed by atoms with Gasteiger partial charge in [0.05, 0.1) is 19.6 Å². The summed E-state index contributed by atoms with van der Waals surface area (Å²) in [4.78, 5) is 39.4. The molecule has 2 N–H and O–H groups in total. The summed E-state index contributed by atoms with van der Waals surface area (Å²) >= 11 is 0. The Morgan fingerprint density at radius 2 is 1.91 bits per heavy atom. The molecular formula is C25H30N6O4. The normalized spacial score (nSPS) is 16.6. The van der Waals surface area contributed by atoms with Crippen LogP contribution in [0.1, 0.15) is 44.1 Å². The van der Waals surface area contributed by atoms with Gasteiger partial charge in [0, 0.05) is 12.7 Å². The topological polar surface area (TPSA) is 118 Å². The Morgan fingerprint density at radius 1 is 1.14 bits per heavy atom. The number of hydrogen-bond acceptors (Lipinski definition) is 6. The molecule has 184 valence electrons. The Hall–Kier alpha value is -3.95. The molecule has 0 aliphatic carbocycles. The molecule has 1 saturated heterocycles. The van der Waals surface area contributed by atoms with Crippen molar-refractivity contribution in [3.05, 3.63) is 60.0 Å². The molecule has 4 amide bonds. The second-order valence-electron chi connectivity index (χ2n) is 9.03. The molecular weight excluding hydrogens is 448 g/mol. The molecule has 3 heterocycles. The van der Waals surface area contributed by atoms with E-state index in [0.29, 0.717) is 24.3 Å². The van der Waals surface area contributed by atoms with Gasteiger partial charge in [-0.1, -0.05) is 32.0 Å². The van der Waals surface area contributed by atoms with Crippen molar-refractivity contribution in [2.75, 3.05) is 13.7 Å². The van der Waals surface area contributed by atoms with Crippen molar-refractivity contribution in [3.63, 3.8) is 0 Å². The number of fused-ring (bicyclic) bond motifs is 1. The maximum Gasteiger partial charge on any atom is 0.324 e. The number of rotatable bonds is 10. The van der Waals surface area contributed by atoms with Crippen LogP contribution in [0.4, 0.5) is 4.79 Å². The number of nitrogens with one attached hydrogen (secondary N) is 2. The smallest absolute Gasteiger partial charge is 0.324 e. The molecule has 35 heavy (non-hydrogen) atoms. The maximum atomic E-state index is 12.9. The monoisotopic (exact) mass is 478 g/mol. The number of nitrogens with zero attached hydrogens (tertiary/aromatic N) is 4. The summed E-state index contributed by atoms with van der Waals surface area (Å²) in [6.07, 6.45) is 2.87. The largest absolute Gasteiger partial charge is 0.497 e. The number of ether oxygens (including phenoxy) is 1. The average molecular weight is 479 g/mol. The van der Waals surface area contributed by atoms with Crippen LogP contribution in [0.2, 0.25) is 0 Å². The van der Waals surface area contributed by atoms with E-state index in [1.165, 1.54) is 4.90 Å². The van der Waals surface area contributed by atoms with Gasteiger partial charge in [-0.05, 0) is 48.6 Å². The lowest BCUT2D eigenvalue weighted by atomic mass is 10.0. The number of imide groups is 1. The minimum atomic E-state index is -0.895. The lowest BCUT2D eigenvalue weighted by molar-refractivity contribution is -0.131. The van der Waals surface area contributed by atoms with Crippen molar-refractivity contribution in [1.29, 1.82) is 0 Å². The Kier molecular flexibility index (Phi) is 7.28. The lowest BCUT2D eigenvalue weighted by Crippen LogP contribution is -2.38. The molecule has 3 aromatic rings. The van der Waals surface area contributed by atoms with Gasteiger partial charge < -0.3 is 15.4 Å². The maximum absolute atomic E-state index is 12.9. The first-order chi connectivity index (χ1) is 16.9. The van der Waals surface area contributed by atoms with Crippen LogP contribution in [0.15, 0.2) is 48.7 Å². The van der Waals surface area contributed by atoms with E-state index in [-0.39, 0.29) is 30.8 Å². The summed E-state index contributed by atoms with van der Waals surface area (Å²) in [6.45, 7) is 4.35. The Balaban J connectivity index is 1.38. The summed E-state index contributed by atoms with van der Waals surface area (Å²) < 4.78 is 6.99. The molecule has 1 aliphatic rings. The summed E-state index contributed by atoms with van der Waals surface area (Å²) in [5.41, 5.74) is 1.67. The third kappa shape index (κ3) is 5.59. The number of carbonyl (C=O) groups excluding carboxylic acids is 3. The van der Waals surface area contributed by atoms with Gasteiger partial charge in [0.25, 0.3) is 5.91 Å². The SMILES string of the molecule is COc1ccc(CCN2C(=O)N[C@@H](CC(=O)N[C@@H](CC(C)C)c3nnc4ccccn34)C2=O)cc1. The first-order valence-electron chi connectivity index (χ1n) is 11.7. The number of carbonyl (C=O) groups is 3. The number of amides is 4. The van der Waals surface area contributed by atoms with Gasteiger partial charge in [0.1, 0.15) is 11.8 Å². The van der Waals surface area contributed by atoms with Crippen molar-refractivity contribution in [2.24, 2.45) is 5.92 Å². The molecule has 0 spiro atoms. The summed E-state index contributed by atoms with van der Waals surface area (Å²) in [5, 5.41) is 14.1. The third-order valence-electron chi connectivity index (χ3n) is 5.97. The number of methoxy groups -OCH3 is 1. The molecule has 2 atom stereocenters. The lowest BCUT2D eigenvalue weighted by Gasteiger charge is -2.20. The van der Waals surface area contributed by atoms with Crippen LogP contribution in [0.25, 0.3) is 5.65 Å². The van der Waals surface area contributed by atoms with E-state index in [0.717, 1.165) is 11.3 Å². The molecule has 0 radical (unpaired) electrons. The highest BCUT2D eigenvalue weighted by molar-refractivity contribution is 6.05. The molecule has 0 saturated carbocycles. The first-order valence-corrected chi connectivity index (χ1v) is 11.7. The number of benzene rings is 1. The zero-order chi connectivity index (χ0) is 24.9. The van der Waals surface area contributed by atoms with Gasteiger partial charge in [-0.3, -0.25) is 18.9 Å². The van der Waals surface area contributed by atoms with Crippen LogP contribution < -0.4 is 15.4 Å². The molecule has 1 aromatic carbocycles. The second kappa shape index (κ2) is 10.5. The molecule has 1 aliphatic heterocycles. The van der Waals surface area contributed by atoms with Gasteiger partial charge >= 0.3 is 6.03 Å². The van der Waals surface area contributed by atoms with E-state index in [1.807, 2.05) is 53.1 Å². The predicted molar refractivity (Wildman–Crippen MR) is 129 cm³/mol. The highest BCUT2D eigenvalue weighted by atomic mass is 16.5. The Bertz CT molecular complexity index is 1210. The highest BCUT2D eigenvalue weighted by Crippen LogP contribution is 2.21. The average Bonchev–Trinajstić information content (AvgIpc) is 3.38. The fraction of sp³-hybridized carbons (Fsp3) is 0.400.